The summed E-state index contributed by atoms with van der Waals surface area (Å²) in [5.41, 5.74) is -1.77. The van der Waals surface area contributed by atoms with Crippen LogP contribution < -0.4 is 5.32 Å². The van der Waals surface area contributed by atoms with Gasteiger partial charge in [-0.2, -0.15) is 13.2 Å². The molecular formula is C11H12F3N3O2. The molecule has 0 unspecified atom stereocenters. The summed E-state index contributed by atoms with van der Waals surface area (Å²) in [5, 5.41) is 2.55. The number of halogens is 3. The van der Waals surface area contributed by atoms with Gasteiger partial charge in [0.15, 0.2) is 5.69 Å². The fourth-order valence-corrected chi connectivity index (χ4v) is 1.83. The van der Waals surface area contributed by atoms with Crippen molar-refractivity contribution in [3.05, 3.63) is 23.8 Å². The number of nitrogens with one attached hydrogen (secondary N) is 1. The molecule has 1 aliphatic rings. The Hall–Kier alpha value is -1.70. The average Bonchev–Trinajstić information content (AvgIpc) is 2.39. The van der Waals surface area contributed by atoms with E-state index in [4.69, 9.17) is 4.74 Å². The Morgan fingerprint density at radius 1 is 1.37 bits per heavy atom. The Bertz CT molecular complexity index is 459. The van der Waals surface area contributed by atoms with Gasteiger partial charge >= 0.3 is 6.18 Å². The molecule has 0 spiro atoms. The summed E-state index contributed by atoms with van der Waals surface area (Å²) >= 11 is 0. The number of amides is 1. The first-order valence-corrected chi connectivity index (χ1v) is 5.74. The number of aromatic nitrogens is 2. The maximum absolute atomic E-state index is 12.7. The van der Waals surface area contributed by atoms with Gasteiger partial charge in [0.1, 0.15) is 6.33 Å². The lowest BCUT2D eigenvalue weighted by Crippen LogP contribution is -2.39. The van der Waals surface area contributed by atoms with E-state index in [2.05, 4.69) is 15.3 Å². The van der Waals surface area contributed by atoms with Gasteiger partial charge in [-0.25, -0.2) is 9.97 Å². The zero-order chi connectivity index (χ0) is 13.9. The molecule has 1 amide bonds. The first kappa shape index (κ1) is 13.7. The Morgan fingerprint density at radius 3 is 2.68 bits per heavy atom. The van der Waals surface area contributed by atoms with Crippen molar-refractivity contribution in [2.45, 2.75) is 25.1 Å². The van der Waals surface area contributed by atoms with Gasteiger partial charge in [0.2, 0.25) is 0 Å². The van der Waals surface area contributed by atoms with Crippen LogP contribution >= 0.6 is 0 Å². The maximum atomic E-state index is 12.7. The molecular weight excluding hydrogens is 263 g/mol. The van der Waals surface area contributed by atoms with E-state index in [9.17, 15) is 18.0 Å². The van der Waals surface area contributed by atoms with E-state index in [1.54, 1.807) is 0 Å². The molecule has 104 valence electrons. The molecule has 1 fully saturated rings. The molecule has 0 atom stereocenters. The first-order chi connectivity index (χ1) is 8.98. The third-order valence-electron chi connectivity index (χ3n) is 2.78. The summed E-state index contributed by atoms with van der Waals surface area (Å²) < 4.78 is 43.2. The van der Waals surface area contributed by atoms with Crippen molar-refractivity contribution in [2.75, 3.05) is 13.2 Å². The van der Waals surface area contributed by atoms with Crippen LogP contribution in [0.5, 0.6) is 0 Å². The zero-order valence-electron chi connectivity index (χ0n) is 9.91. The van der Waals surface area contributed by atoms with Gasteiger partial charge in [0, 0.05) is 25.5 Å². The van der Waals surface area contributed by atoms with E-state index in [1.807, 2.05) is 0 Å². The van der Waals surface area contributed by atoms with Gasteiger partial charge in [0.25, 0.3) is 5.91 Å². The minimum atomic E-state index is -4.68. The number of hydrogen-bond acceptors (Lipinski definition) is 4. The van der Waals surface area contributed by atoms with Crippen molar-refractivity contribution in [3.63, 3.8) is 0 Å². The monoisotopic (exact) mass is 275 g/mol. The number of ether oxygens (including phenoxy) is 1. The van der Waals surface area contributed by atoms with Gasteiger partial charge in [-0.05, 0) is 12.8 Å². The summed E-state index contributed by atoms with van der Waals surface area (Å²) in [6, 6.07) is -0.178. The predicted octanol–water partition coefficient (Wildman–Crippen LogP) is 1.40. The third kappa shape index (κ3) is 3.40. The van der Waals surface area contributed by atoms with E-state index in [0.717, 1.165) is 12.5 Å². The topological polar surface area (TPSA) is 64.1 Å². The highest BCUT2D eigenvalue weighted by molar-refractivity contribution is 5.95. The predicted molar refractivity (Wildman–Crippen MR) is 58.3 cm³/mol. The highest BCUT2D eigenvalue weighted by atomic mass is 19.4. The van der Waals surface area contributed by atoms with Crippen LogP contribution in [0.4, 0.5) is 13.2 Å². The number of rotatable bonds is 2. The zero-order valence-corrected chi connectivity index (χ0v) is 9.91. The van der Waals surface area contributed by atoms with Gasteiger partial charge in [-0.3, -0.25) is 4.79 Å². The number of nitrogens with zero attached hydrogens (tertiary/aromatic N) is 2. The number of alkyl halides is 3. The molecule has 0 aromatic carbocycles. The first-order valence-electron chi connectivity index (χ1n) is 5.74. The quantitative estimate of drug-likeness (QED) is 0.886. The van der Waals surface area contributed by atoms with Crippen LogP contribution in [-0.4, -0.2) is 35.1 Å². The largest absolute Gasteiger partial charge is 0.434 e. The Morgan fingerprint density at radius 2 is 2.05 bits per heavy atom. The molecule has 0 aliphatic carbocycles. The Balaban J connectivity index is 2.14. The minimum absolute atomic E-state index is 0.178. The van der Waals surface area contributed by atoms with Crippen molar-refractivity contribution in [1.82, 2.24) is 15.3 Å². The van der Waals surface area contributed by atoms with E-state index < -0.39 is 23.3 Å². The molecule has 0 saturated carbocycles. The van der Waals surface area contributed by atoms with Crippen LogP contribution in [0.1, 0.15) is 28.9 Å². The number of carbonyl (C=O) groups excluding carboxylic acids is 1. The summed E-state index contributed by atoms with van der Waals surface area (Å²) in [6.07, 6.45) is -1.86. The fourth-order valence-electron chi connectivity index (χ4n) is 1.83. The molecule has 0 bridgehead atoms. The fraction of sp³-hybridized carbons (Fsp3) is 0.545. The lowest BCUT2D eigenvalue weighted by Gasteiger charge is -2.23. The summed E-state index contributed by atoms with van der Waals surface area (Å²) in [4.78, 5) is 18.5. The lowest BCUT2D eigenvalue weighted by atomic mass is 10.1. The Labute approximate surface area is 107 Å². The number of hydrogen-bond donors (Lipinski definition) is 1. The van der Waals surface area contributed by atoms with Crippen LogP contribution in [0.2, 0.25) is 0 Å². The van der Waals surface area contributed by atoms with Crippen molar-refractivity contribution >= 4 is 5.91 Å². The second kappa shape index (κ2) is 5.52. The molecule has 1 aromatic rings. The second-order valence-corrected chi connectivity index (χ2v) is 4.14. The van der Waals surface area contributed by atoms with E-state index in [0.29, 0.717) is 26.1 Å². The highest BCUT2D eigenvalue weighted by Crippen LogP contribution is 2.29. The molecule has 8 heteroatoms. The summed E-state index contributed by atoms with van der Waals surface area (Å²) in [7, 11) is 0. The second-order valence-electron chi connectivity index (χ2n) is 4.14. The molecule has 1 N–H and O–H groups in total. The molecule has 5 nitrogen and oxygen atoms in total. The summed E-state index contributed by atoms with van der Waals surface area (Å²) in [5.74, 6) is -0.806. The molecule has 0 radical (unpaired) electrons. The average molecular weight is 275 g/mol. The van der Waals surface area contributed by atoms with Crippen LogP contribution in [0.25, 0.3) is 0 Å². The lowest BCUT2D eigenvalue weighted by molar-refractivity contribution is -0.141. The van der Waals surface area contributed by atoms with E-state index in [-0.39, 0.29) is 6.04 Å². The van der Waals surface area contributed by atoms with Crippen LogP contribution in [0.15, 0.2) is 12.5 Å². The van der Waals surface area contributed by atoms with Crippen LogP contribution in [-0.2, 0) is 10.9 Å². The van der Waals surface area contributed by atoms with Crippen molar-refractivity contribution < 1.29 is 22.7 Å². The molecule has 2 rings (SSSR count). The third-order valence-corrected chi connectivity index (χ3v) is 2.78. The molecule has 19 heavy (non-hydrogen) atoms. The summed E-state index contributed by atoms with van der Waals surface area (Å²) in [6.45, 7) is 0.977. The molecule has 1 aromatic heterocycles. The molecule has 1 saturated heterocycles. The van der Waals surface area contributed by atoms with E-state index >= 15 is 0 Å². The Kier molecular flexibility index (Phi) is 3.98. The van der Waals surface area contributed by atoms with Crippen LogP contribution in [0.3, 0.4) is 0 Å². The smallest absolute Gasteiger partial charge is 0.381 e. The van der Waals surface area contributed by atoms with Gasteiger partial charge in [-0.15, -0.1) is 0 Å². The van der Waals surface area contributed by atoms with Crippen LogP contribution in [0, 0.1) is 0 Å². The SMILES string of the molecule is O=C(NC1CCOCC1)c1cncnc1C(F)(F)F. The molecule has 1 aliphatic heterocycles. The minimum Gasteiger partial charge on any atom is -0.381 e. The van der Waals surface area contributed by atoms with E-state index in [1.165, 1.54) is 0 Å². The standard InChI is InChI=1S/C11H12F3N3O2/c12-11(13,14)9-8(5-15-6-16-9)10(18)17-7-1-3-19-4-2-7/h5-7H,1-4H2,(H,17,18). The van der Waals surface area contributed by atoms with Gasteiger partial charge in [-0.1, -0.05) is 0 Å². The van der Waals surface area contributed by atoms with Crippen molar-refractivity contribution in [2.24, 2.45) is 0 Å². The van der Waals surface area contributed by atoms with Gasteiger partial charge in [0.05, 0.1) is 5.56 Å². The van der Waals surface area contributed by atoms with Gasteiger partial charge < -0.3 is 10.1 Å². The normalized spacial score (nSPS) is 17.2. The van der Waals surface area contributed by atoms with Crippen molar-refractivity contribution in [1.29, 1.82) is 0 Å². The number of carbonyl (C=O) groups is 1. The maximum Gasteiger partial charge on any atom is 0.434 e. The van der Waals surface area contributed by atoms with Crippen molar-refractivity contribution in [3.8, 4) is 0 Å². The molecule has 2 heterocycles. The highest BCUT2D eigenvalue weighted by Gasteiger charge is 2.37.